The Labute approximate surface area is 243 Å². The first-order chi connectivity index (χ1) is 18.1. The van der Waals surface area contributed by atoms with Crippen molar-refractivity contribution < 1.29 is 14.3 Å². The van der Waals surface area contributed by atoms with E-state index in [9.17, 15) is 9.59 Å². The van der Waals surface area contributed by atoms with Crippen LogP contribution in [0.25, 0.3) is 0 Å². The topological polar surface area (TPSA) is 58.6 Å². The van der Waals surface area contributed by atoms with Gasteiger partial charge in [0.15, 0.2) is 6.61 Å². The molecule has 5 nitrogen and oxygen atoms in total. The van der Waals surface area contributed by atoms with Gasteiger partial charge < -0.3 is 15.0 Å². The highest BCUT2D eigenvalue weighted by Crippen LogP contribution is 2.27. The minimum atomic E-state index is -0.759. The van der Waals surface area contributed by atoms with Gasteiger partial charge in [0.25, 0.3) is 5.91 Å². The van der Waals surface area contributed by atoms with Crippen molar-refractivity contribution in [3.8, 4) is 5.75 Å². The molecule has 2 amide bonds. The van der Waals surface area contributed by atoms with Crippen LogP contribution in [-0.2, 0) is 22.6 Å². The van der Waals surface area contributed by atoms with E-state index in [2.05, 4.69) is 21.2 Å². The lowest BCUT2D eigenvalue weighted by atomic mass is 10.0. The molecule has 8 heteroatoms. The molecule has 0 unspecified atom stereocenters. The van der Waals surface area contributed by atoms with Crippen LogP contribution in [0.5, 0.6) is 5.75 Å². The summed E-state index contributed by atoms with van der Waals surface area (Å²) >= 11 is 16.0. The lowest BCUT2D eigenvalue weighted by molar-refractivity contribution is -0.143. The highest BCUT2D eigenvalue weighted by Gasteiger charge is 2.31. The molecule has 3 aromatic rings. The highest BCUT2D eigenvalue weighted by molar-refractivity contribution is 9.10. The van der Waals surface area contributed by atoms with Gasteiger partial charge in [-0.25, -0.2) is 0 Å². The van der Waals surface area contributed by atoms with Crippen LogP contribution < -0.4 is 10.1 Å². The number of carbonyl (C=O) groups excluding carboxylic acids is 2. The molecule has 0 aliphatic rings. The number of amides is 2. The summed E-state index contributed by atoms with van der Waals surface area (Å²) in [6.45, 7) is 7.84. The Morgan fingerprint density at radius 2 is 1.63 bits per heavy atom. The van der Waals surface area contributed by atoms with Gasteiger partial charge in [-0.05, 0) is 73.7 Å². The number of halogens is 3. The third-order valence-corrected chi connectivity index (χ3v) is 8.37. The van der Waals surface area contributed by atoms with Crippen molar-refractivity contribution in [2.24, 2.45) is 0 Å². The minimum absolute atomic E-state index is 0.0346. The van der Waals surface area contributed by atoms with E-state index in [1.165, 1.54) is 0 Å². The van der Waals surface area contributed by atoms with Crippen LogP contribution in [0.1, 0.15) is 42.5 Å². The van der Waals surface area contributed by atoms with Gasteiger partial charge in [-0.2, -0.15) is 0 Å². The maximum atomic E-state index is 13.8. The van der Waals surface area contributed by atoms with Crippen LogP contribution in [0.2, 0.25) is 10.0 Å². The maximum Gasteiger partial charge on any atom is 0.261 e. The molecule has 0 saturated heterocycles. The second-order valence-corrected chi connectivity index (χ2v) is 11.1. The van der Waals surface area contributed by atoms with Crippen molar-refractivity contribution in [3.05, 3.63) is 97.4 Å². The summed E-state index contributed by atoms with van der Waals surface area (Å²) in [7, 11) is 0. The highest BCUT2D eigenvalue weighted by atomic mass is 79.9. The standard InChI is InChI=1S/C30H33BrCl2N2O3/c1-5-21(4)34-30(37)27(16-22-9-7-6-8-10-22)35(17-23-11-12-25(32)26(33)15-23)28(36)18-38-24-13-19(2)29(31)20(3)14-24/h6-15,21,27H,5,16-18H2,1-4H3,(H,34,37)/t21-,27-/m0/s1. The Morgan fingerprint density at radius 3 is 2.24 bits per heavy atom. The molecular formula is C30H33BrCl2N2O3. The van der Waals surface area contributed by atoms with E-state index < -0.39 is 6.04 Å². The van der Waals surface area contributed by atoms with E-state index in [-0.39, 0.29) is 31.0 Å². The van der Waals surface area contributed by atoms with Crippen molar-refractivity contribution in [3.63, 3.8) is 0 Å². The Bertz CT molecular complexity index is 1250. The molecule has 0 saturated carbocycles. The first kappa shape index (κ1) is 30.0. The lowest BCUT2D eigenvalue weighted by Crippen LogP contribution is -2.53. The number of hydrogen-bond donors (Lipinski definition) is 1. The van der Waals surface area contributed by atoms with Crippen molar-refractivity contribution in [1.82, 2.24) is 10.2 Å². The van der Waals surface area contributed by atoms with E-state index in [4.69, 9.17) is 27.9 Å². The summed E-state index contributed by atoms with van der Waals surface area (Å²) in [6.07, 6.45) is 1.13. The largest absolute Gasteiger partial charge is 0.484 e. The third-order valence-electron chi connectivity index (χ3n) is 6.38. The van der Waals surface area contributed by atoms with E-state index in [1.807, 2.05) is 76.2 Å². The number of carbonyl (C=O) groups is 2. The number of ether oxygens (including phenoxy) is 1. The van der Waals surface area contributed by atoms with E-state index in [0.29, 0.717) is 22.2 Å². The summed E-state index contributed by atoms with van der Waals surface area (Å²) in [5.74, 6) is 0.0659. The van der Waals surface area contributed by atoms with Crippen LogP contribution in [0, 0.1) is 13.8 Å². The van der Waals surface area contributed by atoms with Gasteiger partial charge in [0.1, 0.15) is 11.8 Å². The molecule has 2 atom stereocenters. The summed E-state index contributed by atoms with van der Waals surface area (Å²) in [6, 6.07) is 17.9. The first-order valence-electron chi connectivity index (χ1n) is 12.6. The maximum absolute atomic E-state index is 13.8. The Hall–Kier alpha value is -2.54. The number of hydrogen-bond acceptors (Lipinski definition) is 3. The van der Waals surface area contributed by atoms with Crippen LogP contribution in [0.4, 0.5) is 0 Å². The van der Waals surface area contributed by atoms with Crippen LogP contribution in [0.15, 0.2) is 65.1 Å². The minimum Gasteiger partial charge on any atom is -0.484 e. The Kier molecular flexibility index (Phi) is 11.1. The normalized spacial score (nSPS) is 12.5. The molecule has 0 spiro atoms. The predicted molar refractivity (Wildman–Crippen MR) is 158 cm³/mol. The van der Waals surface area contributed by atoms with Gasteiger partial charge in [-0.15, -0.1) is 0 Å². The molecule has 0 aromatic heterocycles. The SMILES string of the molecule is CC[C@H](C)NC(=O)[C@H](Cc1ccccc1)N(Cc1ccc(Cl)c(Cl)c1)C(=O)COc1cc(C)c(Br)c(C)c1. The number of nitrogens with zero attached hydrogens (tertiary/aromatic N) is 1. The van der Waals surface area contributed by atoms with Gasteiger partial charge in [0.05, 0.1) is 10.0 Å². The molecule has 0 bridgehead atoms. The molecule has 0 heterocycles. The number of aryl methyl sites for hydroxylation is 2. The monoisotopic (exact) mass is 618 g/mol. The number of nitrogens with one attached hydrogen (secondary N) is 1. The Morgan fingerprint density at radius 1 is 0.974 bits per heavy atom. The molecule has 1 N–H and O–H groups in total. The van der Waals surface area contributed by atoms with E-state index >= 15 is 0 Å². The van der Waals surface area contributed by atoms with E-state index in [0.717, 1.165) is 33.1 Å². The zero-order valence-electron chi connectivity index (χ0n) is 22.1. The van der Waals surface area contributed by atoms with Gasteiger partial charge >= 0.3 is 0 Å². The summed E-state index contributed by atoms with van der Waals surface area (Å²) in [5.41, 5.74) is 3.73. The van der Waals surface area contributed by atoms with Gasteiger partial charge in [0, 0.05) is 23.5 Å². The molecule has 0 aliphatic heterocycles. The lowest BCUT2D eigenvalue weighted by Gasteiger charge is -2.32. The molecule has 0 fully saturated rings. The Balaban J connectivity index is 1.95. The molecule has 0 radical (unpaired) electrons. The van der Waals surface area contributed by atoms with Crippen molar-refractivity contribution in [2.45, 2.75) is 59.2 Å². The third kappa shape index (κ3) is 8.23. The second kappa shape index (κ2) is 14.0. The van der Waals surface area contributed by atoms with E-state index in [1.54, 1.807) is 17.0 Å². The fourth-order valence-corrected chi connectivity index (χ4v) is 4.60. The van der Waals surface area contributed by atoms with Crippen molar-refractivity contribution in [2.75, 3.05) is 6.61 Å². The second-order valence-electron chi connectivity index (χ2n) is 9.45. The molecule has 202 valence electrons. The van der Waals surface area contributed by atoms with Gasteiger partial charge in [-0.1, -0.05) is 82.5 Å². The quantitative estimate of drug-likeness (QED) is 0.245. The van der Waals surface area contributed by atoms with Gasteiger partial charge in [0.2, 0.25) is 5.91 Å². The number of rotatable bonds is 11. The fraction of sp³-hybridized carbons (Fsp3) is 0.333. The van der Waals surface area contributed by atoms with Crippen LogP contribution in [-0.4, -0.2) is 35.4 Å². The fourth-order valence-electron chi connectivity index (χ4n) is 4.05. The smallest absolute Gasteiger partial charge is 0.261 e. The molecule has 3 aromatic carbocycles. The number of benzene rings is 3. The van der Waals surface area contributed by atoms with Gasteiger partial charge in [-0.3, -0.25) is 9.59 Å². The molecular weight excluding hydrogens is 587 g/mol. The predicted octanol–water partition coefficient (Wildman–Crippen LogP) is 7.31. The van der Waals surface area contributed by atoms with Crippen molar-refractivity contribution in [1.29, 1.82) is 0 Å². The molecule has 38 heavy (non-hydrogen) atoms. The average Bonchev–Trinajstić information content (AvgIpc) is 2.90. The first-order valence-corrected chi connectivity index (χ1v) is 14.1. The zero-order valence-corrected chi connectivity index (χ0v) is 25.2. The summed E-state index contributed by atoms with van der Waals surface area (Å²) < 4.78 is 6.94. The summed E-state index contributed by atoms with van der Waals surface area (Å²) in [5, 5.41) is 3.87. The van der Waals surface area contributed by atoms with Crippen LogP contribution in [0.3, 0.4) is 0 Å². The van der Waals surface area contributed by atoms with Crippen LogP contribution >= 0.6 is 39.1 Å². The summed E-state index contributed by atoms with van der Waals surface area (Å²) in [4.78, 5) is 28.9. The zero-order chi connectivity index (χ0) is 27.8. The molecule has 3 rings (SSSR count). The average molecular weight is 620 g/mol. The van der Waals surface area contributed by atoms with Crippen molar-refractivity contribution >= 4 is 50.9 Å². The molecule has 0 aliphatic carbocycles.